The molecule has 0 amide bonds. The Kier molecular flexibility index (Phi) is 1.89. The molecule has 1 aromatic heterocycles. The molecule has 4 heteroatoms. The molecular weight excluding hydrogens is 192 g/mol. The van der Waals surface area contributed by atoms with Crippen molar-refractivity contribution in [1.82, 2.24) is 9.97 Å². The quantitative estimate of drug-likeness (QED) is 0.773. The summed E-state index contributed by atoms with van der Waals surface area (Å²) in [4.78, 5) is 7.51. The molecule has 3 rings (SSSR count). The molecule has 1 N–H and O–H groups in total. The number of rotatable bonds is 3. The first kappa shape index (κ1) is 8.73. The molecule has 1 fully saturated rings. The van der Waals surface area contributed by atoms with Crippen LogP contribution < -0.4 is 4.74 Å². The number of benzene rings is 1. The second kappa shape index (κ2) is 3.24. The SMILES string of the molecule is Cc1nc2ccc(OCC3CO3)cc2[nH]1. The van der Waals surface area contributed by atoms with E-state index in [1.807, 2.05) is 25.1 Å². The number of aromatic amines is 1. The molecule has 1 aliphatic heterocycles. The van der Waals surface area contributed by atoms with E-state index in [1.54, 1.807) is 0 Å². The van der Waals surface area contributed by atoms with E-state index in [-0.39, 0.29) is 0 Å². The van der Waals surface area contributed by atoms with Crippen molar-refractivity contribution in [3.8, 4) is 5.75 Å². The van der Waals surface area contributed by atoms with Crippen molar-refractivity contribution >= 4 is 11.0 Å². The molecule has 0 aliphatic carbocycles. The van der Waals surface area contributed by atoms with Gasteiger partial charge in [-0.1, -0.05) is 0 Å². The lowest BCUT2D eigenvalue weighted by Gasteiger charge is -2.02. The molecule has 15 heavy (non-hydrogen) atoms. The van der Waals surface area contributed by atoms with Gasteiger partial charge in [0, 0.05) is 6.07 Å². The van der Waals surface area contributed by atoms with Crippen LogP contribution in [0.2, 0.25) is 0 Å². The number of hydrogen-bond donors (Lipinski definition) is 1. The molecule has 1 atom stereocenters. The van der Waals surface area contributed by atoms with E-state index in [4.69, 9.17) is 9.47 Å². The van der Waals surface area contributed by atoms with Gasteiger partial charge in [-0.15, -0.1) is 0 Å². The molecule has 4 nitrogen and oxygen atoms in total. The number of aryl methyl sites for hydroxylation is 1. The third-order valence-corrected chi connectivity index (χ3v) is 2.41. The van der Waals surface area contributed by atoms with E-state index < -0.39 is 0 Å². The molecule has 2 heterocycles. The number of nitrogens with zero attached hydrogens (tertiary/aromatic N) is 1. The Morgan fingerprint density at radius 2 is 2.47 bits per heavy atom. The first-order chi connectivity index (χ1) is 7.31. The zero-order chi connectivity index (χ0) is 10.3. The van der Waals surface area contributed by atoms with Crippen molar-refractivity contribution in [2.45, 2.75) is 13.0 Å². The second-order valence-electron chi connectivity index (χ2n) is 3.77. The largest absolute Gasteiger partial charge is 0.491 e. The molecule has 0 bridgehead atoms. The van der Waals surface area contributed by atoms with Gasteiger partial charge in [-0.05, 0) is 19.1 Å². The molecule has 2 aromatic rings. The van der Waals surface area contributed by atoms with Crippen LogP contribution in [-0.4, -0.2) is 29.3 Å². The number of hydrogen-bond acceptors (Lipinski definition) is 3. The number of fused-ring (bicyclic) bond motifs is 1. The van der Waals surface area contributed by atoms with Crippen molar-refractivity contribution < 1.29 is 9.47 Å². The van der Waals surface area contributed by atoms with Gasteiger partial charge >= 0.3 is 0 Å². The maximum Gasteiger partial charge on any atom is 0.121 e. The maximum absolute atomic E-state index is 5.57. The van der Waals surface area contributed by atoms with E-state index in [1.165, 1.54) is 0 Å². The zero-order valence-electron chi connectivity index (χ0n) is 8.49. The normalized spacial score (nSPS) is 19.4. The number of nitrogens with one attached hydrogen (secondary N) is 1. The lowest BCUT2D eigenvalue weighted by molar-refractivity contribution is 0.263. The Labute approximate surface area is 87.2 Å². The highest BCUT2D eigenvalue weighted by Crippen LogP contribution is 2.20. The highest BCUT2D eigenvalue weighted by atomic mass is 16.6. The minimum absolute atomic E-state index is 0.296. The maximum atomic E-state index is 5.57. The lowest BCUT2D eigenvalue weighted by Crippen LogP contribution is -2.03. The van der Waals surface area contributed by atoms with Gasteiger partial charge in [0.25, 0.3) is 0 Å². The number of imidazole rings is 1. The Morgan fingerprint density at radius 1 is 1.60 bits per heavy atom. The summed E-state index contributed by atoms with van der Waals surface area (Å²) in [6.45, 7) is 3.41. The van der Waals surface area contributed by atoms with E-state index >= 15 is 0 Å². The van der Waals surface area contributed by atoms with Crippen LogP contribution in [0.5, 0.6) is 5.75 Å². The summed E-state index contributed by atoms with van der Waals surface area (Å²) in [6, 6.07) is 5.87. The van der Waals surface area contributed by atoms with Gasteiger partial charge < -0.3 is 14.5 Å². The van der Waals surface area contributed by atoms with Gasteiger partial charge in [-0.25, -0.2) is 4.98 Å². The fourth-order valence-electron chi connectivity index (χ4n) is 1.56. The van der Waals surface area contributed by atoms with Crippen LogP contribution in [0.3, 0.4) is 0 Å². The summed E-state index contributed by atoms with van der Waals surface area (Å²) >= 11 is 0. The number of aromatic nitrogens is 2. The first-order valence-corrected chi connectivity index (χ1v) is 5.02. The molecule has 0 saturated carbocycles. The standard InChI is InChI=1S/C11H12N2O2/c1-7-12-10-3-2-8(4-11(10)13-7)14-5-9-6-15-9/h2-4,9H,5-6H2,1H3,(H,12,13). The minimum Gasteiger partial charge on any atom is -0.491 e. The number of ether oxygens (including phenoxy) is 2. The molecule has 78 valence electrons. The molecular formula is C11H12N2O2. The predicted octanol–water partition coefficient (Wildman–Crippen LogP) is 1.65. The third kappa shape index (κ3) is 1.80. The fourth-order valence-corrected chi connectivity index (χ4v) is 1.56. The Hall–Kier alpha value is -1.55. The summed E-state index contributed by atoms with van der Waals surface area (Å²) in [5.41, 5.74) is 1.99. The molecule has 0 spiro atoms. The molecule has 1 aromatic carbocycles. The van der Waals surface area contributed by atoms with Crippen LogP contribution in [0.1, 0.15) is 5.82 Å². The summed E-state index contributed by atoms with van der Waals surface area (Å²) in [5, 5.41) is 0. The van der Waals surface area contributed by atoms with Crippen molar-refractivity contribution in [1.29, 1.82) is 0 Å². The van der Waals surface area contributed by atoms with Gasteiger partial charge in [0.2, 0.25) is 0 Å². The van der Waals surface area contributed by atoms with Crippen LogP contribution >= 0.6 is 0 Å². The molecule has 1 saturated heterocycles. The van der Waals surface area contributed by atoms with Crippen molar-refractivity contribution in [3.63, 3.8) is 0 Å². The highest BCUT2D eigenvalue weighted by Gasteiger charge is 2.23. The molecule has 1 unspecified atom stereocenters. The third-order valence-electron chi connectivity index (χ3n) is 2.41. The fraction of sp³-hybridized carbons (Fsp3) is 0.364. The van der Waals surface area contributed by atoms with Gasteiger partial charge in [0.15, 0.2) is 0 Å². The van der Waals surface area contributed by atoms with E-state index in [2.05, 4.69) is 9.97 Å². The van der Waals surface area contributed by atoms with Crippen molar-refractivity contribution in [2.75, 3.05) is 13.2 Å². The van der Waals surface area contributed by atoms with Gasteiger partial charge in [0.1, 0.15) is 24.3 Å². The van der Waals surface area contributed by atoms with Crippen molar-refractivity contribution in [2.24, 2.45) is 0 Å². The highest BCUT2D eigenvalue weighted by molar-refractivity contribution is 5.76. The van der Waals surface area contributed by atoms with E-state index in [0.29, 0.717) is 12.7 Å². The van der Waals surface area contributed by atoms with Crippen LogP contribution in [-0.2, 0) is 4.74 Å². The minimum atomic E-state index is 0.296. The summed E-state index contributed by atoms with van der Waals surface area (Å²) in [5.74, 6) is 1.79. The van der Waals surface area contributed by atoms with Gasteiger partial charge in [-0.2, -0.15) is 0 Å². The number of H-pyrrole nitrogens is 1. The zero-order valence-corrected chi connectivity index (χ0v) is 8.49. The first-order valence-electron chi connectivity index (χ1n) is 5.02. The summed E-state index contributed by atoms with van der Waals surface area (Å²) < 4.78 is 10.7. The topological polar surface area (TPSA) is 50.4 Å². The van der Waals surface area contributed by atoms with Gasteiger partial charge in [0.05, 0.1) is 17.6 Å². The smallest absolute Gasteiger partial charge is 0.121 e. The van der Waals surface area contributed by atoms with Crippen LogP contribution in [0.25, 0.3) is 11.0 Å². The average Bonchev–Trinajstić information content (AvgIpc) is 2.96. The van der Waals surface area contributed by atoms with Crippen molar-refractivity contribution in [3.05, 3.63) is 24.0 Å². The summed E-state index contributed by atoms with van der Waals surface area (Å²) in [6.07, 6.45) is 0.296. The van der Waals surface area contributed by atoms with E-state index in [0.717, 1.165) is 29.2 Å². The van der Waals surface area contributed by atoms with Crippen LogP contribution in [0.15, 0.2) is 18.2 Å². The predicted molar refractivity (Wildman–Crippen MR) is 56.1 cm³/mol. The monoisotopic (exact) mass is 204 g/mol. The Balaban J connectivity index is 1.84. The lowest BCUT2D eigenvalue weighted by atomic mass is 10.3. The average molecular weight is 204 g/mol. The Morgan fingerprint density at radius 3 is 3.27 bits per heavy atom. The Bertz CT molecular complexity index is 488. The van der Waals surface area contributed by atoms with Gasteiger partial charge in [-0.3, -0.25) is 0 Å². The number of epoxide rings is 1. The second-order valence-corrected chi connectivity index (χ2v) is 3.77. The van der Waals surface area contributed by atoms with Crippen LogP contribution in [0.4, 0.5) is 0 Å². The summed E-state index contributed by atoms with van der Waals surface area (Å²) in [7, 11) is 0. The van der Waals surface area contributed by atoms with Crippen LogP contribution in [0, 0.1) is 6.92 Å². The molecule has 0 radical (unpaired) electrons. The molecule has 1 aliphatic rings. The van der Waals surface area contributed by atoms with E-state index in [9.17, 15) is 0 Å².